The summed E-state index contributed by atoms with van der Waals surface area (Å²) in [5.41, 5.74) is 3.80. The smallest absolute Gasteiger partial charge is 0.0705 e. The number of rotatable bonds is 9. The summed E-state index contributed by atoms with van der Waals surface area (Å²) < 4.78 is 0. The van der Waals surface area contributed by atoms with Gasteiger partial charge in [0.25, 0.3) is 0 Å². The minimum atomic E-state index is -0.679. The maximum absolute atomic E-state index is 4.71. The van der Waals surface area contributed by atoms with Gasteiger partial charge in [0.2, 0.25) is 0 Å². The summed E-state index contributed by atoms with van der Waals surface area (Å²) in [5, 5.41) is 9.59. The van der Waals surface area contributed by atoms with Crippen molar-refractivity contribution in [2.24, 2.45) is 11.8 Å². The van der Waals surface area contributed by atoms with Crippen LogP contribution in [0.1, 0.15) is 30.0 Å². The van der Waals surface area contributed by atoms with Gasteiger partial charge in [-0.3, -0.25) is 9.88 Å². The number of piperidine rings is 3. The number of aromatic nitrogens is 1. The number of hydrogen-bond acceptors (Lipinski definition) is 3. The molecule has 0 aliphatic carbocycles. The van der Waals surface area contributed by atoms with E-state index in [2.05, 4.69) is 138 Å². The third-order valence-electron chi connectivity index (χ3n) is 9.33. The highest BCUT2D eigenvalue weighted by Crippen LogP contribution is 2.42. The first kappa shape index (κ1) is 27.2. The normalized spacial score (nSPS) is 22.3. The van der Waals surface area contributed by atoms with Gasteiger partial charge >= 0.3 is 0 Å². The van der Waals surface area contributed by atoms with Crippen LogP contribution in [0.25, 0.3) is 10.9 Å². The Labute approximate surface area is 251 Å². The van der Waals surface area contributed by atoms with E-state index in [1.807, 2.05) is 6.20 Å². The zero-order chi connectivity index (χ0) is 28.3. The minimum absolute atomic E-state index is 0.208. The molecule has 5 atom stereocenters. The number of hydrogen-bond donors (Lipinski definition) is 1. The minimum Gasteiger partial charge on any atom is -0.304 e. The highest BCUT2D eigenvalue weighted by molar-refractivity contribution is 7.79. The summed E-state index contributed by atoms with van der Waals surface area (Å²) in [6, 6.07) is 42.7. The summed E-state index contributed by atoms with van der Waals surface area (Å²) in [5.74, 6) is 1.32. The molecule has 42 heavy (non-hydrogen) atoms. The monoisotopic (exact) mass is 567 g/mol. The molecule has 3 aliphatic rings. The fourth-order valence-corrected chi connectivity index (χ4v) is 9.72. The maximum atomic E-state index is 4.71. The molecule has 3 fully saturated rings. The van der Waals surface area contributed by atoms with Gasteiger partial charge in [-0.2, -0.15) is 0 Å². The molecule has 210 valence electrons. The van der Waals surface area contributed by atoms with E-state index < -0.39 is 7.92 Å². The van der Waals surface area contributed by atoms with Crippen LogP contribution in [0, 0.1) is 11.8 Å². The first-order chi connectivity index (χ1) is 20.8. The standard InChI is InChI=1S/C38H38N3P/c1-2-28-27-41-24-22-29(28)25-36(41)38(34-21-23-39-35-19-11-10-18-33(34)35)40-26-30-13-9-12-20-37(30)42(31-14-5-3-6-15-31)32-16-7-4-8-17-32/h2-21,23,28-29,36,38,40H,1,22,24-27H2/t28?,29?,36?,38-/m0/s1. The van der Waals surface area contributed by atoms with Crippen molar-refractivity contribution in [2.45, 2.75) is 31.5 Å². The predicted molar refractivity (Wildman–Crippen MR) is 178 cm³/mol. The van der Waals surface area contributed by atoms with E-state index in [-0.39, 0.29) is 6.04 Å². The van der Waals surface area contributed by atoms with E-state index in [0.717, 1.165) is 18.6 Å². The molecule has 8 rings (SSSR count). The van der Waals surface area contributed by atoms with Crippen LogP contribution < -0.4 is 21.2 Å². The van der Waals surface area contributed by atoms with Gasteiger partial charge in [-0.25, -0.2) is 0 Å². The summed E-state index contributed by atoms with van der Waals surface area (Å²) >= 11 is 0. The molecule has 4 heteroatoms. The van der Waals surface area contributed by atoms with E-state index in [9.17, 15) is 0 Å². The van der Waals surface area contributed by atoms with E-state index in [1.54, 1.807) is 0 Å². The van der Waals surface area contributed by atoms with E-state index in [4.69, 9.17) is 4.98 Å². The van der Waals surface area contributed by atoms with Crippen molar-refractivity contribution in [1.29, 1.82) is 0 Å². The summed E-state index contributed by atoms with van der Waals surface area (Å²) in [4.78, 5) is 7.44. The Balaban J connectivity index is 1.27. The quantitative estimate of drug-likeness (QED) is 0.158. The molecule has 4 unspecified atom stereocenters. The number of nitrogens with one attached hydrogen (secondary N) is 1. The molecular weight excluding hydrogens is 529 g/mol. The Morgan fingerprint density at radius 1 is 0.857 bits per heavy atom. The molecule has 5 aromatic rings. The summed E-state index contributed by atoms with van der Waals surface area (Å²) in [6.07, 6.45) is 6.67. The molecule has 0 spiro atoms. The second kappa shape index (κ2) is 12.3. The van der Waals surface area contributed by atoms with Crippen molar-refractivity contribution in [2.75, 3.05) is 13.1 Å². The first-order valence-electron chi connectivity index (χ1n) is 15.2. The zero-order valence-corrected chi connectivity index (χ0v) is 24.9. The molecule has 1 aromatic heterocycles. The van der Waals surface area contributed by atoms with Crippen molar-refractivity contribution in [3.05, 3.63) is 145 Å². The summed E-state index contributed by atoms with van der Waals surface area (Å²) in [6.45, 7) is 7.28. The SMILES string of the molecule is C=CC1CN2CCC1CC2[C@@H](NCc1ccccc1P(c1ccccc1)c1ccccc1)c1ccnc2ccccc12. The van der Waals surface area contributed by atoms with Crippen LogP contribution in [0.5, 0.6) is 0 Å². The van der Waals surface area contributed by atoms with Crippen molar-refractivity contribution >= 4 is 34.7 Å². The van der Waals surface area contributed by atoms with Crippen LogP contribution in [0.3, 0.4) is 0 Å². The average Bonchev–Trinajstić information content (AvgIpc) is 3.07. The Hall–Kier alpha value is -3.62. The number of para-hydroxylation sites is 1. The van der Waals surface area contributed by atoms with Gasteiger partial charge in [0, 0.05) is 36.8 Å². The average molecular weight is 568 g/mol. The van der Waals surface area contributed by atoms with Crippen LogP contribution in [0.2, 0.25) is 0 Å². The lowest BCUT2D eigenvalue weighted by molar-refractivity contribution is 0.000958. The molecule has 3 aliphatic heterocycles. The highest BCUT2D eigenvalue weighted by atomic mass is 31.1. The summed E-state index contributed by atoms with van der Waals surface area (Å²) in [7, 11) is -0.679. The van der Waals surface area contributed by atoms with Crippen molar-refractivity contribution in [3.63, 3.8) is 0 Å². The van der Waals surface area contributed by atoms with Crippen molar-refractivity contribution < 1.29 is 0 Å². The number of benzene rings is 4. The first-order valence-corrected chi connectivity index (χ1v) is 16.6. The molecule has 0 saturated carbocycles. The van der Waals surface area contributed by atoms with Crippen LogP contribution in [-0.4, -0.2) is 29.0 Å². The third kappa shape index (κ3) is 5.34. The molecule has 3 saturated heterocycles. The number of fused-ring (bicyclic) bond motifs is 4. The molecule has 3 nitrogen and oxygen atoms in total. The zero-order valence-electron chi connectivity index (χ0n) is 24.0. The predicted octanol–water partition coefficient (Wildman–Crippen LogP) is 6.72. The van der Waals surface area contributed by atoms with Crippen LogP contribution in [0.15, 0.2) is 134 Å². The Morgan fingerprint density at radius 3 is 2.26 bits per heavy atom. The van der Waals surface area contributed by atoms with Gasteiger partial charge in [-0.05, 0) is 78.3 Å². The van der Waals surface area contributed by atoms with Crippen LogP contribution in [0.4, 0.5) is 0 Å². The Bertz CT molecular complexity index is 1610. The van der Waals surface area contributed by atoms with Gasteiger partial charge in [-0.15, -0.1) is 6.58 Å². The molecular formula is C38H38N3P. The highest BCUT2D eigenvalue weighted by Gasteiger charge is 2.42. The third-order valence-corrected chi connectivity index (χ3v) is 11.9. The van der Waals surface area contributed by atoms with Gasteiger partial charge < -0.3 is 5.32 Å². The van der Waals surface area contributed by atoms with Gasteiger partial charge in [-0.1, -0.05) is 109 Å². The van der Waals surface area contributed by atoms with Gasteiger partial charge in [0.1, 0.15) is 0 Å². The lowest BCUT2D eigenvalue weighted by atomic mass is 9.73. The number of pyridine rings is 1. The largest absolute Gasteiger partial charge is 0.304 e. The number of nitrogens with zero attached hydrogens (tertiary/aromatic N) is 2. The van der Waals surface area contributed by atoms with Crippen LogP contribution >= 0.6 is 7.92 Å². The Kier molecular flexibility index (Phi) is 7.98. The second-order valence-corrected chi connectivity index (χ2v) is 13.8. The van der Waals surface area contributed by atoms with Crippen molar-refractivity contribution in [1.82, 2.24) is 15.2 Å². The van der Waals surface area contributed by atoms with E-state index in [0.29, 0.717) is 17.9 Å². The lowest BCUT2D eigenvalue weighted by Crippen LogP contribution is -2.57. The molecule has 4 aromatic carbocycles. The van der Waals surface area contributed by atoms with E-state index in [1.165, 1.54) is 51.8 Å². The maximum Gasteiger partial charge on any atom is 0.0705 e. The fraction of sp³-hybridized carbons (Fsp3) is 0.237. The topological polar surface area (TPSA) is 28.2 Å². The van der Waals surface area contributed by atoms with Crippen molar-refractivity contribution in [3.8, 4) is 0 Å². The Morgan fingerprint density at radius 2 is 1.55 bits per heavy atom. The second-order valence-electron chi connectivity index (χ2n) is 11.7. The molecule has 0 radical (unpaired) electrons. The lowest BCUT2D eigenvalue weighted by Gasteiger charge is -2.52. The molecule has 2 bridgehead atoms. The van der Waals surface area contributed by atoms with Crippen LogP contribution in [-0.2, 0) is 6.54 Å². The van der Waals surface area contributed by atoms with E-state index >= 15 is 0 Å². The van der Waals surface area contributed by atoms with Gasteiger partial charge in [0.15, 0.2) is 0 Å². The molecule has 0 amide bonds. The molecule has 1 N–H and O–H groups in total. The molecule has 4 heterocycles. The van der Waals surface area contributed by atoms with Gasteiger partial charge in [0.05, 0.1) is 5.52 Å². The fourth-order valence-electron chi connectivity index (χ4n) is 7.25.